The summed E-state index contributed by atoms with van der Waals surface area (Å²) in [6.45, 7) is 5.90. The third-order valence-corrected chi connectivity index (χ3v) is 9.29. The fourth-order valence-electron chi connectivity index (χ4n) is 6.00. The van der Waals surface area contributed by atoms with Crippen molar-refractivity contribution >= 4 is 33.7 Å². The summed E-state index contributed by atoms with van der Waals surface area (Å²) >= 11 is 1.31. The largest absolute Gasteiger partial charge is 0.390 e. The number of piperidine rings is 1. The van der Waals surface area contributed by atoms with Crippen molar-refractivity contribution < 1.29 is 14.3 Å². The molecule has 0 spiro atoms. The molecule has 4 aromatic rings. The molecule has 0 atom stereocenters. The van der Waals surface area contributed by atoms with Gasteiger partial charge in [-0.1, -0.05) is 24.3 Å². The van der Waals surface area contributed by atoms with Gasteiger partial charge in [0.2, 0.25) is 0 Å². The van der Waals surface area contributed by atoms with Gasteiger partial charge in [0.05, 0.1) is 24.9 Å². The Balaban J connectivity index is 1.20. The predicted octanol–water partition coefficient (Wildman–Crippen LogP) is 4.22. The van der Waals surface area contributed by atoms with E-state index < -0.39 is 0 Å². The van der Waals surface area contributed by atoms with E-state index >= 15 is 0 Å². The Hall–Kier alpha value is -3.69. The number of ketones is 1. The molecule has 218 valence electrons. The van der Waals surface area contributed by atoms with E-state index in [4.69, 9.17) is 9.97 Å². The number of nitriles is 1. The molecule has 0 saturated carbocycles. The fraction of sp³-hybridized carbons (Fsp3) is 0.419. The molecule has 9 nitrogen and oxygen atoms in total. The molecule has 5 heterocycles. The number of rotatable bonds is 9. The molecular weight excluding hydrogens is 553 g/mol. The number of hydrogen-bond acceptors (Lipinski definition) is 9. The number of fused-ring (bicyclic) bond motifs is 1. The van der Waals surface area contributed by atoms with E-state index in [1.165, 1.54) is 29.0 Å². The number of aromatic nitrogens is 3. The predicted molar refractivity (Wildman–Crippen MR) is 161 cm³/mol. The maximum absolute atomic E-state index is 13.5. The zero-order chi connectivity index (χ0) is 29.4. The van der Waals surface area contributed by atoms with Crippen LogP contribution in [0.15, 0.2) is 42.6 Å². The fourth-order valence-corrected chi connectivity index (χ4v) is 6.85. The number of β-amino-alcohol motifs (C(OH)–C–C–N with tert-alkyl or cyclic N) is 1. The lowest BCUT2D eigenvalue weighted by Crippen LogP contribution is -2.53. The number of anilines is 2. The molecule has 3 aromatic heterocycles. The number of aliphatic hydroxyl groups excluding tert-OH is 1. The molecule has 2 fully saturated rings. The van der Waals surface area contributed by atoms with Crippen molar-refractivity contribution in [1.82, 2.24) is 24.2 Å². The number of aliphatic hydroxyl groups is 1. The molecule has 0 amide bonds. The first-order valence-corrected chi connectivity index (χ1v) is 15.2. The summed E-state index contributed by atoms with van der Waals surface area (Å²) < 4.78 is 15.6. The molecular formula is C31H34FN7O2S. The number of carbonyl (C=O) groups excluding carboxylic acids is 1. The molecule has 0 radical (unpaired) electrons. The van der Waals surface area contributed by atoms with Crippen LogP contribution in [0, 0.1) is 17.1 Å². The van der Waals surface area contributed by atoms with Gasteiger partial charge < -0.3 is 10.0 Å². The highest BCUT2D eigenvalue weighted by Gasteiger charge is 2.28. The van der Waals surface area contributed by atoms with Crippen LogP contribution in [0.25, 0.3) is 16.9 Å². The first kappa shape index (κ1) is 28.4. The van der Waals surface area contributed by atoms with Gasteiger partial charge in [-0.3, -0.25) is 19.0 Å². The van der Waals surface area contributed by atoms with Gasteiger partial charge in [-0.2, -0.15) is 5.26 Å². The van der Waals surface area contributed by atoms with Gasteiger partial charge in [0.25, 0.3) is 0 Å². The minimum Gasteiger partial charge on any atom is -0.390 e. The summed E-state index contributed by atoms with van der Waals surface area (Å²) in [5, 5.41) is 19.9. The van der Waals surface area contributed by atoms with E-state index in [1.807, 2.05) is 16.8 Å². The van der Waals surface area contributed by atoms with E-state index in [2.05, 4.69) is 40.6 Å². The van der Waals surface area contributed by atoms with Gasteiger partial charge in [0, 0.05) is 31.9 Å². The van der Waals surface area contributed by atoms with E-state index in [-0.39, 0.29) is 17.7 Å². The summed E-state index contributed by atoms with van der Waals surface area (Å²) in [4.78, 5) is 28.9. The molecule has 42 heavy (non-hydrogen) atoms. The highest BCUT2D eigenvalue weighted by Crippen LogP contribution is 2.37. The minimum absolute atomic E-state index is 0.212. The number of benzene rings is 1. The number of imidazole rings is 1. The average Bonchev–Trinajstić information content (AvgIpc) is 3.58. The van der Waals surface area contributed by atoms with Gasteiger partial charge >= 0.3 is 0 Å². The summed E-state index contributed by atoms with van der Waals surface area (Å²) in [5.41, 5.74) is 4.28. The number of likely N-dealkylation sites (tertiary alicyclic amines) is 2. The highest BCUT2D eigenvalue weighted by molar-refractivity contribution is 7.16. The molecule has 2 aliphatic rings. The van der Waals surface area contributed by atoms with E-state index in [0.29, 0.717) is 53.4 Å². The second-order valence-electron chi connectivity index (χ2n) is 11.2. The Bertz CT molecular complexity index is 1630. The van der Waals surface area contributed by atoms with Crippen molar-refractivity contribution in [2.45, 2.75) is 38.2 Å². The summed E-state index contributed by atoms with van der Waals surface area (Å²) in [7, 11) is 1.94. The smallest absolute Gasteiger partial charge is 0.192 e. The maximum Gasteiger partial charge on any atom is 0.192 e. The van der Waals surface area contributed by atoms with Gasteiger partial charge in [-0.25, -0.2) is 14.4 Å². The molecule has 2 saturated heterocycles. The lowest BCUT2D eigenvalue weighted by molar-refractivity contribution is -0.124. The molecule has 6 rings (SSSR count). The normalized spacial score (nSPS) is 16.9. The van der Waals surface area contributed by atoms with Crippen molar-refractivity contribution in [2.75, 3.05) is 51.2 Å². The topological polar surface area (TPSA) is 101 Å². The van der Waals surface area contributed by atoms with Gasteiger partial charge in [0.1, 0.15) is 33.9 Å². The zero-order valence-corrected chi connectivity index (χ0v) is 24.6. The number of aryl methyl sites for hydroxylation is 1. The molecule has 2 aliphatic heterocycles. The Morgan fingerprint density at radius 1 is 1.12 bits per heavy atom. The van der Waals surface area contributed by atoms with Crippen LogP contribution in [-0.2, 0) is 11.2 Å². The molecule has 1 aromatic carbocycles. The highest BCUT2D eigenvalue weighted by atomic mass is 32.1. The quantitative estimate of drug-likeness (QED) is 0.311. The summed E-state index contributed by atoms with van der Waals surface area (Å²) in [6, 6.07) is 12.5. The first-order valence-electron chi connectivity index (χ1n) is 14.4. The standard InChI is InChI=1S/C31H34FN7O2S/c1-3-26-30(36(2)31-35-29(27(14-33)42-31)21-4-7-23(32)8-5-21)39-15-22(6-9-28(39)34-26)20-10-12-37(13-11-20)16-24(40)17-38-18-25(41)19-38/h4-9,15,20,25,41H,3,10-13,16-19H2,1-2H3. The Morgan fingerprint density at radius 3 is 2.50 bits per heavy atom. The van der Waals surface area contributed by atoms with Crippen molar-refractivity contribution in [2.24, 2.45) is 0 Å². The molecule has 0 unspecified atom stereocenters. The van der Waals surface area contributed by atoms with Crippen LogP contribution in [-0.4, -0.2) is 87.5 Å². The maximum atomic E-state index is 13.5. The van der Waals surface area contributed by atoms with Crippen LogP contribution < -0.4 is 4.90 Å². The number of pyridine rings is 1. The van der Waals surface area contributed by atoms with Gasteiger partial charge in [-0.15, -0.1) is 0 Å². The van der Waals surface area contributed by atoms with Gasteiger partial charge in [-0.05, 0) is 74.2 Å². The molecule has 1 N–H and O–H groups in total. The van der Waals surface area contributed by atoms with Gasteiger partial charge in [0.15, 0.2) is 10.9 Å². The van der Waals surface area contributed by atoms with E-state index in [0.717, 1.165) is 49.5 Å². The SMILES string of the molecule is CCc1nc2ccc(C3CCN(CC(=O)CN4CC(O)C4)CC3)cn2c1N(C)c1nc(-c2ccc(F)cc2)c(C#N)s1. The number of carbonyl (C=O) groups is 1. The number of halogens is 1. The number of hydrogen-bond donors (Lipinski definition) is 1. The van der Waals surface area contributed by atoms with Crippen LogP contribution in [0.1, 0.15) is 41.8 Å². The lowest BCUT2D eigenvalue weighted by Gasteiger charge is -2.36. The van der Waals surface area contributed by atoms with Crippen molar-refractivity contribution in [3.63, 3.8) is 0 Å². The van der Waals surface area contributed by atoms with Crippen LogP contribution in [0.3, 0.4) is 0 Å². The van der Waals surface area contributed by atoms with Crippen molar-refractivity contribution in [1.29, 1.82) is 5.26 Å². The van der Waals surface area contributed by atoms with Crippen molar-refractivity contribution in [3.05, 3.63) is 64.5 Å². The van der Waals surface area contributed by atoms with Crippen LogP contribution in [0.5, 0.6) is 0 Å². The van der Waals surface area contributed by atoms with E-state index in [9.17, 15) is 19.6 Å². The molecule has 0 bridgehead atoms. The van der Waals surface area contributed by atoms with Crippen LogP contribution in [0.4, 0.5) is 15.3 Å². The van der Waals surface area contributed by atoms with E-state index in [1.54, 1.807) is 12.1 Å². The van der Waals surface area contributed by atoms with Crippen molar-refractivity contribution in [3.8, 4) is 17.3 Å². The summed E-state index contributed by atoms with van der Waals surface area (Å²) in [6.07, 6.45) is 4.57. The molecule has 0 aliphatic carbocycles. The van der Waals surface area contributed by atoms with Crippen LogP contribution >= 0.6 is 11.3 Å². The number of nitrogens with zero attached hydrogens (tertiary/aromatic N) is 7. The third-order valence-electron chi connectivity index (χ3n) is 8.26. The third kappa shape index (κ3) is 5.68. The second kappa shape index (κ2) is 11.9. The lowest BCUT2D eigenvalue weighted by atomic mass is 9.90. The number of Topliss-reactive ketones (excluding diaryl/α,β-unsaturated/α-hetero) is 1. The monoisotopic (exact) mass is 587 g/mol. The Kier molecular flexibility index (Phi) is 8.05. The minimum atomic E-state index is -0.332. The Morgan fingerprint density at radius 2 is 1.83 bits per heavy atom. The average molecular weight is 588 g/mol. The zero-order valence-electron chi connectivity index (χ0n) is 23.8. The number of thiazole rings is 1. The second-order valence-corrected chi connectivity index (χ2v) is 12.2. The Labute approximate surface area is 248 Å². The van der Waals surface area contributed by atoms with Crippen LogP contribution in [0.2, 0.25) is 0 Å². The summed E-state index contributed by atoms with van der Waals surface area (Å²) in [5.74, 6) is 1.18. The first-order chi connectivity index (χ1) is 20.3. The molecule has 11 heteroatoms.